The van der Waals surface area contributed by atoms with E-state index in [4.69, 9.17) is 0 Å². The van der Waals surface area contributed by atoms with Crippen LogP contribution >= 0.6 is 0 Å². The van der Waals surface area contributed by atoms with Gasteiger partial charge in [0.15, 0.2) is 0 Å². The number of likely N-dealkylation sites (tertiary alicyclic amines) is 1. The summed E-state index contributed by atoms with van der Waals surface area (Å²) in [5.41, 5.74) is 0.772. The first-order chi connectivity index (χ1) is 4.35. The first-order valence-electron chi connectivity index (χ1n) is 3.71. The van der Waals surface area contributed by atoms with Crippen molar-refractivity contribution in [2.75, 3.05) is 13.1 Å². The fourth-order valence-corrected chi connectivity index (χ4v) is 1.94. The molecule has 0 aromatic carbocycles. The van der Waals surface area contributed by atoms with E-state index in [2.05, 4.69) is 11.5 Å². The Hall–Kier alpha value is -0.460. The minimum atomic E-state index is 0.772. The maximum atomic E-state index is 3.73. The van der Waals surface area contributed by atoms with Crippen LogP contribution in [-0.2, 0) is 0 Å². The van der Waals surface area contributed by atoms with Gasteiger partial charge in [0.05, 0.1) is 0 Å². The van der Waals surface area contributed by atoms with Crippen molar-refractivity contribution in [3.63, 3.8) is 0 Å². The van der Waals surface area contributed by atoms with Gasteiger partial charge in [0, 0.05) is 18.5 Å². The highest BCUT2D eigenvalue weighted by Crippen LogP contribution is 2.47. The summed E-state index contributed by atoms with van der Waals surface area (Å²) in [6, 6.07) is 0. The Balaban J connectivity index is 1.88. The summed E-state index contributed by atoms with van der Waals surface area (Å²) in [5, 5.41) is 0. The molecule has 0 aromatic rings. The molecular weight excluding hydrogens is 110 g/mol. The van der Waals surface area contributed by atoms with Gasteiger partial charge >= 0.3 is 0 Å². The molecule has 50 valence electrons. The van der Waals surface area contributed by atoms with Crippen LogP contribution in [0.1, 0.15) is 19.3 Å². The fraction of sp³-hybridized carbons (Fsp3) is 0.750. The van der Waals surface area contributed by atoms with Crippen molar-refractivity contribution in [3.8, 4) is 0 Å². The average molecular weight is 123 g/mol. The van der Waals surface area contributed by atoms with Crippen molar-refractivity contribution in [3.05, 3.63) is 12.8 Å². The van der Waals surface area contributed by atoms with Gasteiger partial charge in [-0.1, -0.05) is 13.0 Å². The smallest absolute Gasteiger partial charge is 0.0246 e. The minimum absolute atomic E-state index is 0.772. The molecule has 2 fully saturated rings. The van der Waals surface area contributed by atoms with Crippen LogP contribution < -0.4 is 0 Å². The topological polar surface area (TPSA) is 3.24 Å². The van der Waals surface area contributed by atoms with Gasteiger partial charge in [-0.3, -0.25) is 0 Å². The largest absolute Gasteiger partial charge is 0.377 e. The Morgan fingerprint density at radius 2 is 2.00 bits per heavy atom. The zero-order valence-corrected chi connectivity index (χ0v) is 5.77. The zero-order valence-electron chi connectivity index (χ0n) is 5.77. The second-order valence-corrected chi connectivity index (χ2v) is 3.44. The third-order valence-corrected chi connectivity index (χ3v) is 2.75. The lowest BCUT2D eigenvalue weighted by atomic mass is 9.64. The van der Waals surface area contributed by atoms with Crippen molar-refractivity contribution in [2.24, 2.45) is 5.41 Å². The number of hydrogen-bond donors (Lipinski definition) is 0. The first-order valence-corrected chi connectivity index (χ1v) is 3.71. The van der Waals surface area contributed by atoms with Crippen LogP contribution in [0.15, 0.2) is 12.8 Å². The Kier molecular flexibility index (Phi) is 0.904. The van der Waals surface area contributed by atoms with Crippen LogP contribution in [0.4, 0.5) is 0 Å². The quantitative estimate of drug-likeness (QED) is 0.512. The zero-order chi connectivity index (χ0) is 6.32. The van der Waals surface area contributed by atoms with Gasteiger partial charge in [-0.15, -0.1) is 0 Å². The molecule has 1 spiro atoms. The molecule has 0 atom stereocenters. The monoisotopic (exact) mass is 123 g/mol. The van der Waals surface area contributed by atoms with E-state index in [1.165, 1.54) is 32.4 Å². The molecule has 1 nitrogen and oxygen atoms in total. The second-order valence-electron chi connectivity index (χ2n) is 3.44. The van der Waals surface area contributed by atoms with Crippen LogP contribution in [0, 0.1) is 5.41 Å². The normalized spacial score (nSPS) is 29.1. The Bertz CT molecular complexity index is 128. The van der Waals surface area contributed by atoms with Gasteiger partial charge in [0.2, 0.25) is 0 Å². The Morgan fingerprint density at radius 1 is 1.33 bits per heavy atom. The van der Waals surface area contributed by atoms with Gasteiger partial charge in [-0.25, -0.2) is 0 Å². The van der Waals surface area contributed by atoms with Crippen molar-refractivity contribution >= 4 is 0 Å². The highest BCUT2D eigenvalue weighted by Gasteiger charge is 2.45. The molecule has 0 bridgehead atoms. The van der Waals surface area contributed by atoms with Crippen molar-refractivity contribution in [2.45, 2.75) is 19.3 Å². The fourth-order valence-electron chi connectivity index (χ4n) is 1.94. The summed E-state index contributed by atoms with van der Waals surface area (Å²) in [4.78, 5) is 2.30. The van der Waals surface area contributed by atoms with E-state index in [1.54, 1.807) is 0 Å². The number of nitrogens with zero attached hydrogens (tertiary/aromatic N) is 1. The molecule has 1 heterocycles. The van der Waals surface area contributed by atoms with E-state index in [-0.39, 0.29) is 0 Å². The lowest BCUT2D eigenvalue weighted by Gasteiger charge is -2.55. The van der Waals surface area contributed by atoms with Gasteiger partial charge in [0.25, 0.3) is 0 Å². The minimum Gasteiger partial charge on any atom is -0.377 e. The van der Waals surface area contributed by atoms with E-state index < -0.39 is 0 Å². The predicted molar refractivity (Wildman–Crippen MR) is 38.1 cm³/mol. The molecule has 0 aromatic heterocycles. The third-order valence-electron chi connectivity index (χ3n) is 2.75. The van der Waals surface area contributed by atoms with E-state index in [0.29, 0.717) is 0 Å². The van der Waals surface area contributed by atoms with E-state index in [9.17, 15) is 0 Å². The molecule has 2 aliphatic rings. The van der Waals surface area contributed by atoms with Crippen molar-refractivity contribution < 1.29 is 0 Å². The van der Waals surface area contributed by atoms with Gasteiger partial charge in [-0.2, -0.15) is 0 Å². The molecule has 1 aliphatic heterocycles. The highest BCUT2D eigenvalue weighted by molar-refractivity contribution is 5.02. The van der Waals surface area contributed by atoms with E-state index in [0.717, 1.165) is 5.41 Å². The summed E-state index contributed by atoms with van der Waals surface area (Å²) in [6.07, 6.45) is 6.36. The van der Waals surface area contributed by atoms with E-state index in [1.807, 2.05) is 6.20 Å². The summed E-state index contributed by atoms with van der Waals surface area (Å²) in [7, 11) is 0. The van der Waals surface area contributed by atoms with Crippen molar-refractivity contribution in [1.29, 1.82) is 0 Å². The second kappa shape index (κ2) is 1.53. The molecule has 0 N–H and O–H groups in total. The van der Waals surface area contributed by atoms with Gasteiger partial charge < -0.3 is 4.90 Å². The van der Waals surface area contributed by atoms with Crippen LogP contribution in [0.25, 0.3) is 0 Å². The van der Waals surface area contributed by atoms with Gasteiger partial charge in [-0.05, 0) is 19.0 Å². The lowest BCUT2D eigenvalue weighted by molar-refractivity contribution is -0.0302. The highest BCUT2D eigenvalue weighted by atomic mass is 15.2. The van der Waals surface area contributed by atoms with Crippen LogP contribution in [-0.4, -0.2) is 18.0 Å². The first kappa shape index (κ1) is 5.33. The van der Waals surface area contributed by atoms with Gasteiger partial charge in [0.1, 0.15) is 0 Å². The molecule has 1 aliphatic carbocycles. The Labute approximate surface area is 56.4 Å². The summed E-state index contributed by atoms with van der Waals surface area (Å²) in [6.45, 7) is 6.31. The predicted octanol–water partition coefficient (Wildman–Crippen LogP) is 1.62. The van der Waals surface area contributed by atoms with Crippen LogP contribution in [0.3, 0.4) is 0 Å². The average Bonchev–Trinajstić information content (AvgIpc) is 1.59. The molecule has 2 rings (SSSR count). The molecule has 0 amide bonds. The molecule has 1 saturated carbocycles. The molecule has 0 unspecified atom stereocenters. The summed E-state index contributed by atoms with van der Waals surface area (Å²) >= 11 is 0. The third kappa shape index (κ3) is 0.606. The maximum Gasteiger partial charge on any atom is 0.0246 e. The molecule has 1 saturated heterocycles. The van der Waals surface area contributed by atoms with Crippen molar-refractivity contribution in [1.82, 2.24) is 4.90 Å². The molecular formula is C8H13N. The summed E-state index contributed by atoms with van der Waals surface area (Å²) in [5.74, 6) is 0. The molecule has 1 heteroatoms. The molecule has 9 heavy (non-hydrogen) atoms. The number of rotatable bonds is 1. The van der Waals surface area contributed by atoms with Crippen LogP contribution in [0.5, 0.6) is 0 Å². The standard InChI is InChI=1S/C8H13N/c1-2-9-6-8(7-9)4-3-5-8/h2H,1,3-7H2. The lowest BCUT2D eigenvalue weighted by Crippen LogP contribution is -2.57. The SMILES string of the molecule is C=CN1CC2(CCC2)C1. The van der Waals surface area contributed by atoms with Crippen LogP contribution in [0.2, 0.25) is 0 Å². The maximum absolute atomic E-state index is 3.73. The summed E-state index contributed by atoms with van der Waals surface area (Å²) < 4.78 is 0. The number of hydrogen-bond acceptors (Lipinski definition) is 1. The van der Waals surface area contributed by atoms with E-state index >= 15 is 0 Å². The molecule has 0 radical (unpaired) electrons. The Morgan fingerprint density at radius 3 is 2.33 bits per heavy atom.